The van der Waals surface area contributed by atoms with Crippen LogP contribution in [0.1, 0.15) is 150 Å². The van der Waals surface area contributed by atoms with E-state index in [9.17, 15) is 158 Å². The summed E-state index contributed by atoms with van der Waals surface area (Å²) in [5, 5.41) is 179. The summed E-state index contributed by atoms with van der Waals surface area (Å²) in [6.07, 6.45) is 4.24. The normalized spacial score (nSPS) is 28.0. The Balaban J connectivity index is 0.000000642. The van der Waals surface area contributed by atoms with Crippen LogP contribution in [0, 0.1) is 52.8 Å². The third-order valence-corrected chi connectivity index (χ3v) is 16.7. The van der Waals surface area contributed by atoms with E-state index in [1.807, 2.05) is 0 Å². The van der Waals surface area contributed by atoms with Crippen LogP contribution < -0.4 is 81.7 Å². The highest BCUT2D eigenvalue weighted by Gasteiger charge is 2.34. The number of rotatable bonds is 16. The SMILES string of the molecule is CC1=C(\C)C(C)(C)CC(C(=O)[O-])C(C(=O)[O-])CCC/C(C(=O)[O-])=C\1C(=O)[O-].O=C([O-])C1=C(\C(=O)[O-])CCCC(C(=O)[O-])C(C(=O)[O-])CC\C=C\1.O=C([O-])C1=C(\C(=O)[O-])CCCC(C(=O)[O-])C(C(=O)[O-])CC\C=C\1.O=C([O-])C1=C(\C(=O)[O-])CCCC(C(=O)[O-])C(C(=O)[O-])CC\C=C\1. The van der Waals surface area contributed by atoms with Crippen LogP contribution in [0.2, 0.25) is 0 Å². The number of hydrogen-bond acceptors (Lipinski definition) is 32. The molecule has 0 bridgehead atoms. The molecule has 4 aliphatic rings. The van der Waals surface area contributed by atoms with Crippen molar-refractivity contribution < 1.29 is 158 Å². The van der Waals surface area contributed by atoms with Crippen LogP contribution in [0.4, 0.5) is 0 Å². The first-order valence-electron chi connectivity index (χ1n) is 29.5. The summed E-state index contributed by atoms with van der Waals surface area (Å²) in [4.78, 5) is 179. The molecule has 96 heavy (non-hydrogen) atoms. The first kappa shape index (κ1) is 83.5. The van der Waals surface area contributed by atoms with Crippen molar-refractivity contribution in [2.75, 3.05) is 0 Å². The van der Waals surface area contributed by atoms with Crippen molar-refractivity contribution >= 4 is 95.5 Å². The fourth-order valence-corrected chi connectivity index (χ4v) is 11.3. The van der Waals surface area contributed by atoms with Crippen molar-refractivity contribution in [3.05, 3.63) is 92.2 Å². The Morgan fingerprint density at radius 1 is 0.302 bits per heavy atom. The first-order chi connectivity index (χ1) is 44.6. The molecule has 0 radical (unpaired) electrons. The third-order valence-electron chi connectivity index (χ3n) is 16.7. The second-order valence-corrected chi connectivity index (χ2v) is 23.1. The number of hydrogen-bond donors (Lipinski definition) is 0. The molecule has 0 fully saturated rings. The molecular formula is C64H64O32-16. The zero-order chi connectivity index (χ0) is 73.8. The molecule has 8 atom stereocenters. The number of aliphatic carboxylic acids is 16. The molecule has 0 aromatic heterocycles. The molecule has 0 aromatic rings. The van der Waals surface area contributed by atoms with Crippen LogP contribution in [-0.2, 0) is 76.7 Å². The monoisotopic (exact) mass is 1340 g/mol. The molecular weight excluding hydrogens is 1280 g/mol. The molecule has 0 saturated carbocycles. The molecule has 8 unspecified atom stereocenters. The zero-order valence-corrected chi connectivity index (χ0v) is 52.1. The van der Waals surface area contributed by atoms with Crippen LogP contribution in [0.5, 0.6) is 0 Å². The topological polar surface area (TPSA) is 642 Å². The highest BCUT2D eigenvalue weighted by atomic mass is 16.4. The first-order valence-corrected chi connectivity index (χ1v) is 29.5. The van der Waals surface area contributed by atoms with Crippen molar-refractivity contribution in [2.24, 2.45) is 52.8 Å². The Labute approximate surface area is 547 Å². The molecule has 0 N–H and O–H groups in total. The second kappa shape index (κ2) is 39.2. The van der Waals surface area contributed by atoms with Crippen molar-refractivity contribution in [1.82, 2.24) is 0 Å². The van der Waals surface area contributed by atoms with Crippen molar-refractivity contribution in [1.29, 1.82) is 0 Å². The summed E-state index contributed by atoms with van der Waals surface area (Å²) < 4.78 is 0. The summed E-state index contributed by atoms with van der Waals surface area (Å²) in [6, 6.07) is 0. The highest BCUT2D eigenvalue weighted by molar-refractivity contribution is 6.02. The van der Waals surface area contributed by atoms with Crippen LogP contribution in [0.25, 0.3) is 0 Å². The molecule has 0 aliphatic heterocycles. The minimum absolute atomic E-state index is 0.0273. The van der Waals surface area contributed by atoms with Gasteiger partial charge in [0.2, 0.25) is 0 Å². The molecule has 4 aliphatic carbocycles. The number of allylic oxidation sites excluding steroid dienone is 4. The minimum atomic E-state index is -1.70. The number of carboxylic acid groups (broad SMARTS) is 16. The second-order valence-electron chi connectivity index (χ2n) is 23.1. The van der Waals surface area contributed by atoms with Crippen LogP contribution in [0.15, 0.2) is 92.2 Å². The fourth-order valence-electron chi connectivity index (χ4n) is 11.3. The maximum absolute atomic E-state index is 11.6. The highest BCUT2D eigenvalue weighted by Crippen LogP contribution is 2.41. The van der Waals surface area contributed by atoms with E-state index in [-0.39, 0.29) is 128 Å². The third kappa shape index (κ3) is 25.4. The van der Waals surface area contributed by atoms with Gasteiger partial charge in [0.05, 0.1) is 47.8 Å². The van der Waals surface area contributed by atoms with Gasteiger partial charge in [-0.2, -0.15) is 0 Å². The zero-order valence-electron chi connectivity index (χ0n) is 52.1. The Kier molecular flexibility index (Phi) is 34.1. The van der Waals surface area contributed by atoms with Gasteiger partial charge in [-0.1, -0.05) is 55.9 Å². The van der Waals surface area contributed by atoms with Gasteiger partial charge in [0.15, 0.2) is 0 Å². The van der Waals surface area contributed by atoms with Gasteiger partial charge in [-0.3, -0.25) is 0 Å². The lowest BCUT2D eigenvalue weighted by Gasteiger charge is -2.37. The Hall–Kier alpha value is -10.6. The van der Waals surface area contributed by atoms with Gasteiger partial charge in [0.25, 0.3) is 0 Å². The van der Waals surface area contributed by atoms with Crippen molar-refractivity contribution in [2.45, 2.75) is 150 Å². The van der Waals surface area contributed by atoms with E-state index in [0.717, 1.165) is 18.2 Å². The Morgan fingerprint density at radius 2 is 0.521 bits per heavy atom. The largest absolute Gasteiger partial charge is 0.550 e. The van der Waals surface area contributed by atoms with Crippen molar-refractivity contribution in [3.63, 3.8) is 0 Å². The predicted octanol–water partition coefficient (Wildman–Crippen LogP) is -14.4. The van der Waals surface area contributed by atoms with E-state index in [2.05, 4.69) is 0 Å². The lowest BCUT2D eigenvalue weighted by Crippen LogP contribution is -2.45. The maximum Gasteiger partial charge on any atom is 0.0721 e. The van der Waals surface area contributed by atoms with Gasteiger partial charge in [-0.05, 0) is 169 Å². The smallest absolute Gasteiger partial charge is 0.0721 e. The summed E-state index contributed by atoms with van der Waals surface area (Å²) in [7, 11) is 0. The lowest BCUT2D eigenvalue weighted by molar-refractivity contribution is -0.327. The quantitative estimate of drug-likeness (QED) is 0.138. The van der Waals surface area contributed by atoms with Gasteiger partial charge >= 0.3 is 0 Å². The molecule has 528 valence electrons. The molecule has 0 spiro atoms. The minimum Gasteiger partial charge on any atom is -0.550 e. The van der Waals surface area contributed by atoms with Crippen molar-refractivity contribution in [3.8, 4) is 0 Å². The van der Waals surface area contributed by atoms with Gasteiger partial charge in [0.1, 0.15) is 0 Å². The van der Waals surface area contributed by atoms with Gasteiger partial charge in [-0.25, -0.2) is 0 Å². The molecule has 4 rings (SSSR count). The van der Waals surface area contributed by atoms with E-state index < -0.39 is 193 Å². The Bertz CT molecular complexity index is 3060. The summed E-state index contributed by atoms with van der Waals surface area (Å²) in [5.74, 6) is -36.8. The number of carbonyl (C=O) groups excluding carboxylic acids is 16. The van der Waals surface area contributed by atoms with Gasteiger partial charge in [-0.15, -0.1) is 0 Å². The Morgan fingerprint density at radius 3 is 0.729 bits per heavy atom. The molecule has 32 heteroatoms. The van der Waals surface area contributed by atoms with Gasteiger partial charge < -0.3 is 158 Å². The summed E-state index contributed by atoms with van der Waals surface area (Å²) >= 11 is 0. The van der Waals surface area contributed by atoms with Crippen LogP contribution >= 0.6 is 0 Å². The average molecular weight is 1350 g/mol. The van der Waals surface area contributed by atoms with Crippen LogP contribution in [-0.4, -0.2) is 95.5 Å². The van der Waals surface area contributed by atoms with E-state index in [0.29, 0.717) is 5.57 Å². The molecule has 0 amide bonds. The summed E-state index contributed by atoms with van der Waals surface area (Å²) in [6.45, 7) is 6.20. The van der Waals surface area contributed by atoms with Crippen LogP contribution in [0.3, 0.4) is 0 Å². The maximum atomic E-state index is 11.6. The van der Waals surface area contributed by atoms with E-state index in [4.69, 9.17) is 0 Å². The summed E-state index contributed by atoms with van der Waals surface area (Å²) in [5.41, 5.74) is -4.71. The lowest BCUT2D eigenvalue weighted by atomic mass is 9.71. The molecule has 0 saturated heterocycles. The number of carboxylic acids is 16. The average Bonchev–Trinajstić information content (AvgIpc) is 1.37. The van der Waals surface area contributed by atoms with Gasteiger partial charge in [0, 0.05) is 117 Å². The molecule has 0 aromatic carbocycles. The molecule has 32 nitrogen and oxygen atoms in total. The van der Waals surface area contributed by atoms with E-state index in [1.165, 1.54) is 25.2 Å². The standard InChI is InChI=1S/C19H26O8.3C15H18O8/c1-9-10(2)19(3,4)8-13(17(24)25)11(15(20)21)6-5-7-12(16(22)23)14(9)18(26)27;3*16-12(17)8-4-1-2-5-9(13(18)19)11(15(22)23)7-3-6-10(8)14(20)21/h11,13H,5-8H2,1-4H3,(H,20,21)(H,22,23)(H,24,25)(H,26,27);3*1,4,9,11H,2-3,5-7H2,(H,16,17)(H,18,19)(H,20,21)(H,22,23)/p-16/b10-9-,14-12-;3*4-1+,10-8-. The van der Waals surface area contributed by atoms with E-state index >= 15 is 0 Å². The fraction of sp³-hybridized carbons (Fsp3) is 0.500. The molecule has 0 heterocycles. The number of carbonyl (C=O) groups is 16. The predicted molar refractivity (Wildman–Crippen MR) is 283 cm³/mol. The van der Waals surface area contributed by atoms with E-state index in [1.54, 1.807) is 20.8 Å².